The van der Waals surface area contributed by atoms with E-state index in [1.54, 1.807) is 12.0 Å². The van der Waals surface area contributed by atoms with E-state index in [0.717, 1.165) is 25.7 Å². The molecule has 20 heavy (non-hydrogen) atoms. The van der Waals surface area contributed by atoms with Crippen LogP contribution in [-0.2, 0) is 9.53 Å². The number of carbonyl (C=O) groups is 2. The minimum Gasteiger partial charge on any atom is -0.481 e. The van der Waals surface area contributed by atoms with Crippen LogP contribution in [0.3, 0.4) is 0 Å². The fraction of sp³-hybridized carbons (Fsp3) is 0.857. The second-order valence-corrected chi connectivity index (χ2v) is 5.88. The van der Waals surface area contributed by atoms with Crippen molar-refractivity contribution in [2.45, 2.75) is 44.1 Å². The highest BCUT2D eigenvalue weighted by Gasteiger charge is 2.34. The van der Waals surface area contributed by atoms with Crippen molar-refractivity contribution in [1.82, 2.24) is 10.2 Å². The number of rotatable bonds is 4. The van der Waals surface area contributed by atoms with Gasteiger partial charge in [-0.2, -0.15) is 0 Å². The number of carbonyl (C=O) groups excluding carboxylic acids is 1. The Kier molecular flexibility index (Phi) is 4.86. The highest BCUT2D eigenvalue weighted by atomic mass is 16.5. The molecule has 6 heteroatoms. The molecule has 1 aliphatic heterocycles. The Bertz CT molecular complexity index is 366. The van der Waals surface area contributed by atoms with E-state index < -0.39 is 11.9 Å². The Morgan fingerprint density at radius 2 is 2.05 bits per heavy atom. The van der Waals surface area contributed by atoms with Crippen LogP contribution in [0.4, 0.5) is 4.79 Å². The fourth-order valence-electron chi connectivity index (χ4n) is 3.14. The number of hydrogen-bond donors (Lipinski definition) is 2. The Balaban J connectivity index is 1.81. The molecule has 1 heterocycles. The van der Waals surface area contributed by atoms with Crippen LogP contribution in [0.2, 0.25) is 0 Å². The van der Waals surface area contributed by atoms with Crippen molar-refractivity contribution in [3.05, 3.63) is 0 Å². The molecule has 1 saturated heterocycles. The number of hydrogen-bond acceptors (Lipinski definition) is 3. The number of aliphatic carboxylic acids is 1. The number of likely N-dealkylation sites (tertiary alicyclic amines) is 1. The first-order chi connectivity index (χ1) is 9.56. The first-order valence-electron chi connectivity index (χ1n) is 7.37. The number of nitrogens with zero attached hydrogens (tertiary/aromatic N) is 1. The smallest absolute Gasteiger partial charge is 0.317 e. The van der Waals surface area contributed by atoms with Crippen molar-refractivity contribution >= 4 is 12.0 Å². The Morgan fingerprint density at radius 3 is 2.60 bits per heavy atom. The van der Waals surface area contributed by atoms with E-state index in [1.165, 1.54) is 6.42 Å². The van der Waals surface area contributed by atoms with Gasteiger partial charge < -0.3 is 20.1 Å². The molecule has 0 aromatic carbocycles. The maximum Gasteiger partial charge on any atom is 0.317 e. The molecule has 0 aromatic heterocycles. The molecule has 2 rings (SSSR count). The summed E-state index contributed by atoms with van der Waals surface area (Å²) in [7, 11) is 1.70. The number of nitrogens with one attached hydrogen (secondary N) is 1. The SMILES string of the molecule is COC1(CNC(=O)N2CCC(C(=O)O)C2)CCCCC1. The third-order valence-electron chi connectivity index (χ3n) is 4.58. The van der Waals surface area contributed by atoms with Crippen molar-refractivity contribution in [3.63, 3.8) is 0 Å². The zero-order valence-corrected chi connectivity index (χ0v) is 12.1. The van der Waals surface area contributed by atoms with Gasteiger partial charge in [-0.3, -0.25) is 4.79 Å². The largest absolute Gasteiger partial charge is 0.481 e. The molecule has 0 aromatic rings. The molecule has 2 aliphatic rings. The molecule has 1 atom stereocenters. The second kappa shape index (κ2) is 6.43. The number of amides is 2. The summed E-state index contributed by atoms with van der Waals surface area (Å²) in [5, 5.41) is 11.9. The predicted molar refractivity (Wildman–Crippen MR) is 73.5 cm³/mol. The molecule has 1 saturated carbocycles. The van der Waals surface area contributed by atoms with Gasteiger partial charge in [0.2, 0.25) is 0 Å². The summed E-state index contributed by atoms with van der Waals surface area (Å²) in [5.74, 6) is -1.24. The van der Waals surface area contributed by atoms with E-state index in [9.17, 15) is 9.59 Å². The predicted octanol–water partition coefficient (Wildman–Crippen LogP) is 1.45. The van der Waals surface area contributed by atoms with Gasteiger partial charge in [0.1, 0.15) is 0 Å². The van der Waals surface area contributed by atoms with Crippen molar-refractivity contribution < 1.29 is 19.4 Å². The monoisotopic (exact) mass is 284 g/mol. The summed E-state index contributed by atoms with van der Waals surface area (Å²) in [6.07, 6.45) is 5.98. The van der Waals surface area contributed by atoms with E-state index in [1.807, 2.05) is 0 Å². The molecule has 114 valence electrons. The zero-order chi connectivity index (χ0) is 14.6. The normalized spacial score (nSPS) is 25.4. The maximum absolute atomic E-state index is 12.1. The van der Waals surface area contributed by atoms with Crippen LogP contribution in [0, 0.1) is 5.92 Å². The summed E-state index contributed by atoms with van der Waals surface area (Å²) < 4.78 is 5.62. The summed E-state index contributed by atoms with van der Waals surface area (Å²) >= 11 is 0. The lowest BCUT2D eigenvalue weighted by atomic mass is 9.84. The van der Waals surface area contributed by atoms with Crippen LogP contribution in [0.25, 0.3) is 0 Å². The molecule has 2 fully saturated rings. The minimum absolute atomic E-state index is 0.171. The second-order valence-electron chi connectivity index (χ2n) is 5.88. The van der Waals surface area contributed by atoms with Crippen LogP contribution in [0.5, 0.6) is 0 Å². The van der Waals surface area contributed by atoms with Crippen LogP contribution < -0.4 is 5.32 Å². The first-order valence-corrected chi connectivity index (χ1v) is 7.37. The van der Waals surface area contributed by atoms with Crippen molar-refractivity contribution in [2.24, 2.45) is 5.92 Å². The van der Waals surface area contributed by atoms with Crippen molar-refractivity contribution in [1.29, 1.82) is 0 Å². The molecule has 0 bridgehead atoms. The molecular weight excluding hydrogens is 260 g/mol. The molecule has 0 radical (unpaired) electrons. The number of urea groups is 1. The van der Waals surface area contributed by atoms with Gasteiger partial charge in [-0.05, 0) is 19.3 Å². The zero-order valence-electron chi connectivity index (χ0n) is 12.1. The van der Waals surface area contributed by atoms with Gasteiger partial charge in [0.15, 0.2) is 0 Å². The van der Waals surface area contributed by atoms with Gasteiger partial charge in [0, 0.05) is 26.7 Å². The molecule has 6 nitrogen and oxygen atoms in total. The number of carboxylic acid groups (broad SMARTS) is 1. The van der Waals surface area contributed by atoms with E-state index in [-0.39, 0.29) is 11.6 Å². The van der Waals surface area contributed by atoms with Gasteiger partial charge in [-0.1, -0.05) is 19.3 Å². The van der Waals surface area contributed by atoms with Gasteiger partial charge in [-0.15, -0.1) is 0 Å². The molecular formula is C14H24N2O4. The first kappa shape index (κ1) is 15.1. The highest BCUT2D eigenvalue weighted by molar-refractivity contribution is 5.77. The maximum atomic E-state index is 12.1. The summed E-state index contributed by atoms with van der Waals surface area (Å²) in [4.78, 5) is 24.6. The van der Waals surface area contributed by atoms with Gasteiger partial charge >= 0.3 is 12.0 Å². The number of carboxylic acids is 1. The molecule has 1 unspecified atom stereocenters. The lowest BCUT2D eigenvalue weighted by Crippen LogP contribution is -2.49. The summed E-state index contributed by atoms with van der Waals surface area (Å²) in [5.41, 5.74) is -0.236. The van der Waals surface area contributed by atoms with Gasteiger partial charge in [0.05, 0.1) is 11.5 Å². The third-order valence-corrected chi connectivity index (χ3v) is 4.58. The summed E-state index contributed by atoms with van der Waals surface area (Å²) in [6, 6.07) is -0.171. The molecule has 2 amide bonds. The average Bonchev–Trinajstić information content (AvgIpc) is 2.96. The third kappa shape index (κ3) is 3.42. The summed E-state index contributed by atoms with van der Waals surface area (Å²) in [6.45, 7) is 1.33. The topological polar surface area (TPSA) is 78.9 Å². The van der Waals surface area contributed by atoms with Crippen molar-refractivity contribution in [2.75, 3.05) is 26.7 Å². The Morgan fingerprint density at radius 1 is 1.35 bits per heavy atom. The van der Waals surface area contributed by atoms with E-state index >= 15 is 0 Å². The standard InChI is InChI=1S/C14H24N2O4/c1-20-14(6-3-2-4-7-14)10-15-13(19)16-8-5-11(9-16)12(17)18/h11H,2-10H2,1H3,(H,15,19)(H,17,18). The number of ether oxygens (including phenoxy) is 1. The number of methoxy groups -OCH3 is 1. The molecule has 1 aliphatic carbocycles. The quantitative estimate of drug-likeness (QED) is 0.819. The fourth-order valence-corrected chi connectivity index (χ4v) is 3.14. The van der Waals surface area contributed by atoms with Crippen LogP contribution >= 0.6 is 0 Å². The van der Waals surface area contributed by atoms with Crippen molar-refractivity contribution in [3.8, 4) is 0 Å². The average molecular weight is 284 g/mol. The minimum atomic E-state index is -0.819. The lowest BCUT2D eigenvalue weighted by molar-refractivity contribution is -0.141. The lowest BCUT2D eigenvalue weighted by Gasteiger charge is -2.36. The van der Waals surface area contributed by atoms with E-state index in [0.29, 0.717) is 26.1 Å². The van der Waals surface area contributed by atoms with Crippen LogP contribution in [0.15, 0.2) is 0 Å². The van der Waals surface area contributed by atoms with E-state index in [4.69, 9.17) is 9.84 Å². The highest BCUT2D eigenvalue weighted by Crippen LogP contribution is 2.30. The molecule has 2 N–H and O–H groups in total. The van der Waals surface area contributed by atoms with Crippen LogP contribution in [0.1, 0.15) is 38.5 Å². The van der Waals surface area contributed by atoms with Gasteiger partial charge in [0.25, 0.3) is 0 Å². The van der Waals surface area contributed by atoms with Gasteiger partial charge in [-0.25, -0.2) is 4.79 Å². The molecule has 0 spiro atoms. The Hall–Kier alpha value is -1.30. The Labute approximate surface area is 119 Å². The van der Waals surface area contributed by atoms with Crippen LogP contribution in [-0.4, -0.2) is 54.4 Å². The van der Waals surface area contributed by atoms with E-state index in [2.05, 4.69) is 5.32 Å².